The van der Waals surface area contributed by atoms with Crippen LogP contribution in [-0.4, -0.2) is 48.1 Å². The average Bonchev–Trinajstić information content (AvgIpc) is 3.31. The molecule has 1 N–H and O–H groups in total. The number of rotatable bonds is 3. The monoisotopic (exact) mass is 346 g/mol. The lowest BCUT2D eigenvalue weighted by molar-refractivity contribution is -0.128. The Bertz CT molecular complexity index is 674. The second kappa shape index (κ2) is 6.75. The molecule has 0 unspecified atom stereocenters. The van der Waals surface area contributed by atoms with Gasteiger partial charge in [0.1, 0.15) is 5.82 Å². The Morgan fingerprint density at radius 2 is 2.00 bits per heavy atom. The zero-order valence-corrected chi connectivity index (χ0v) is 14.1. The van der Waals surface area contributed by atoms with Crippen LogP contribution in [0.15, 0.2) is 24.3 Å². The fourth-order valence-corrected chi connectivity index (χ4v) is 4.40. The highest BCUT2D eigenvalue weighted by atomic mass is 19.1. The van der Waals surface area contributed by atoms with E-state index in [1.54, 1.807) is 11.0 Å². The summed E-state index contributed by atoms with van der Waals surface area (Å²) in [6.45, 7) is 0.888. The summed E-state index contributed by atoms with van der Waals surface area (Å²) >= 11 is 0. The number of nitrogens with zero attached hydrogens (tertiary/aromatic N) is 1. The SMILES string of the molecule is O=C(NC1CCCC1)[C@@H]1CN(C(=O)c2cccc(F)c2)[C@H]2CCO[C@@H]12. The zero-order valence-electron chi connectivity index (χ0n) is 14.1. The number of fused-ring (bicyclic) bond motifs is 1. The molecule has 2 aliphatic heterocycles. The molecule has 3 fully saturated rings. The van der Waals surface area contributed by atoms with Crippen molar-refractivity contribution in [3.63, 3.8) is 0 Å². The maximum absolute atomic E-state index is 13.5. The molecule has 0 bridgehead atoms. The summed E-state index contributed by atoms with van der Waals surface area (Å²) in [7, 11) is 0. The van der Waals surface area contributed by atoms with Crippen LogP contribution < -0.4 is 5.32 Å². The molecule has 2 saturated heterocycles. The highest BCUT2D eigenvalue weighted by Crippen LogP contribution is 2.35. The van der Waals surface area contributed by atoms with Crippen LogP contribution in [0.1, 0.15) is 42.5 Å². The molecule has 1 aromatic carbocycles. The molecule has 1 aromatic rings. The van der Waals surface area contributed by atoms with E-state index in [-0.39, 0.29) is 35.9 Å². The molecule has 2 amide bonds. The Balaban J connectivity index is 1.50. The van der Waals surface area contributed by atoms with Crippen LogP contribution in [0.25, 0.3) is 0 Å². The molecule has 0 spiro atoms. The highest BCUT2D eigenvalue weighted by Gasteiger charge is 2.50. The minimum Gasteiger partial charge on any atom is -0.375 e. The third-order valence-electron chi connectivity index (χ3n) is 5.66. The first-order valence-electron chi connectivity index (χ1n) is 9.12. The predicted molar refractivity (Wildman–Crippen MR) is 89.5 cm³/mol. The van der Waals surface area contributed by atoms with Gasteiger partial charge in [-0.05, 0) is 37.5 Å². The van der Waals surface area contributed by atoms with Crippen molar-refractivity contribution in [3.05, 3.63) is 35.6 Å². The van der Waals surface area contributed by atoms with E-state index in [1.165, 1.54) is 18.2 Å². The summed E-state index contributed by atoms with van der Waals surface area (Å²) in [5.74, 6) is -1.01. The number of nitrogens with one attached hydrogen (secondary N) is 1. The lowest BCUT2D eigenvalue weighted by atomic mass is 10.0. The smallest absolute Gasteiger partial charge is 0.254 e. The van der Waals surface area contributed by atoms with Gasteiger partial charge in [0.15, 0.2) is 0 Å². The first-order valence-corrected chi connectivity index (χ1v) is 9.12. The topological polar surface area (TPSA) is 58.6 Å². The second-order valence-corrected chi connectivity index (χ2v) is 7.26. The van der Waals surface area contributed by atoms with E-state index in [0.29, 0.717) is 18.7 Å². The van der Waals surface area contributed by atoms with Crippen LogP contribution in [0, 0.1) is 11.7 Å². The molecule has 0 radical (unpaired) electrons. The van der Waals surface area contributed by atoms with Crippen molar-refractivity contribution >= 4 is 11.8 Å². The van der Waals surface area contributed by atoms with Gasteiger partial charge < -0.3 is 15.0 Å². The van der Waals surface area contributed by atoms with Crippen LogP contribution in [0.3, 0.4) is 0 Å². The molecule has 134 valence electrons. The fraction of sp³-hybridized carbons (Fsp3) is 0.579. The van der Waals surface area contributed by atoms with Crippen molar-refractivity contribution in [3.8, 4) is 0 Å². The van der Waals surface area contributed by atoms with Crippen molar-refractivity contribution < 1.29 is 18.7 Å². The van der Waals surface area contributed by atoms with Crippen molar-refractivity contribution in [2.24, 2.45) is 5.92 Å². The quantitative estimate of drug-likeness (QED) is 0.912. The lowest BCUT2D eigenvalue weighted by Gasteiger charge is -2.22. The number of likely N-dealkylation sites (tertiary alicyclic amines) is 1. The van der Waals surface area contributed by atoms with Crippen LogP contribution in [0.4, 0.5) is 4.39 Å². The molecule has 6 heteroatoms. The van der Waals surface area contributed by atoms with Gasteiger partial charge in [-0.25, -0.2) is 4.39 Å². The summed E-state index contributed by atoms with van der Waals surface area (Å²) in [5.41, 5.74) is 0.322. The van der Waals surface area contributed by atoms with Crippen LogP contribution in [-0.2, 0) is 9.53 Å². The van der Waals surface area contributed by atoms with E-state index in [1.807, 2.05) is 0 Å². The van der Waals surface area contributed by atoms with Gasteiger partial charge in [0.25, 0.3) is 5.91 Å². The van der Waals surface area contributed by atoms with Gasteiger partial charge in [-0.3, -0.25) is 9.59 Å². The molecule has 1 saturated carbocycles. The van der Waals surface area contributed by atoms with Crippen molar-refractivity contribution in [1.82, 2.24) is 10.2 Å². The number of hydrogen-bond donors (Lipinski definition) is 1. The Morgan fingerprint density at radius 3 is 2.76 bits per heavy atom. The number of benzene rings is 1. The van der Waals surface area contributed by atoms with Crippen molar-refractivity contribution in [1.29, 1.82) is 0 Å². The Hall–Kier alpha value is -1.95. The Morgan fingerprint density at radius 1 is 1.20 bits per heavy atom. The first kappa shape index (κ1) is 16.5. The zero-order chi connectivity index (χ0) is 17.4. The normalized spacial score (nSPS) is 29.0. The van der Waals surface area contributed by atoms with Crippen LogP contribution in [0.5, 0.6) is 0 Å². The third-order valence-corrected chi connectivity index (χ3v) is 5.66. The number of carbonyl (C=O) groups excluding carboxylic acids is 2. The van der Waals surface area contributed by atoms with E-state index in [9.17, 15) is 14.0 Å². The molecule has 3 atom stereocenters. The highest BCUT2D eigenvalue weighted by molar-refractivity contribution is 5.95. The molecule has 4 rings (SSSR count). The van der Waals surface area contributed by atoms with E-state index < -0.39 is 5.82 Å². The number of ether oxygens (including phenoxy) is 1. The fourth-order valence-electron chi connectivity index (χ4n) is 4.40. The summed E-state index contributed by atoms with van der Waals surface area (Å²) in [5, 5.41) is 3.12. The van der Waals surface area contributed by atoms with Crippen LogP contribution >= 0.6 is 0 Å². The molecule has 3 aliphatic rings. The van der Waals surface area contributed by atoms with Crippen LogP contribution in [0.2, 0.25) is 0 Å². The predicted octanol–water partition coefficient (Wildman–Crippen LogP) is 2.11. The number of carbonyl (C=O) groups is 2. The van der Waals surface area contributed by atoms with Gasteiger partial charge in [0.05, 0.1) is 18.1 Å². The average molecular weight is 346 g/mol. The molecular weight excluding hydrogens is 323 g/mol. The number of hydrogen-bond acceptors (Lipinski definition) is 3. The van der Waals surface area contributed by atoms with Gasteiger partial charge in [0.2, 0.25) is 5.91 Å². The minimum absolute atomic E-state index is 0.0154. The van der Waals surface area contributed by atoms with E-state index in [2.05, 4.69) is 5.32 Å². The molecule has 5 nitrogen and oxygen atoms in total. The molecular formula is C19H23FN2O3. The molecule has 25 heavy (non-hydrogen) atoms. The van der Waals surface area contributed by atoms with Crippen molar-refractivity contribution in [2.75, 3.05) is 13.2 Å². The maximum atomic E-state index is 13.5. The largest absolute Gasteiger partial charge is 0.375 e. The second-order valence-electron chi connectivity index (χ2n) is 7.26. The minimum atomic E-state index is -0.431. The van der Waals surface area contributed by atoms with Gasteiger partial charge >= 0.3 is 0 Å². The number of amides is 2. The summed E-state index contributed by atoms with van der Waals surface area (Å²) in [6.07, 6.45) is 4.83. The summed E-state index contributed by atoms with van der Waals surface area (Å²) in [6, 6.07) is 5.86. The van der Waals surface area contributed by atoms with E-state index in [0.717, 1.165) is 32.1 Å². The first-order chi connectivity index (χ1) is 12.1. The van der Waals surface area contributed by atoms with Gasteiger partial charge in [-0.2, -0.15) is 0 Å². The lowest BCUT2D eigenvalue weighted by Crippen LogP contribution is -2.42. The van der Waals surface area contributed by atoms with Gasteiger partial charge in [0, 0.05) is 24.8 Å². The summed E-state index contributed by atoms with van der Waals surface area (Å²) in [4.78, 5) is 27.2. The van der Waals surface area contributed by atoms with Crippen molar-refractivity contribution in [2.45, 2.75) is 50.3 Å². The molecule has 0 aromatic heterocycles. The molecule has 1 aliphatic carbocycles. The number of halogens is 1. The Kier molecular flexibility index (Phi) is 4.46. The van der Waals surface area contributed by atoms with Gasteiger partial charge in [-0.1, -0.05) is 18.9 Å². The standard InChI is InChI=1S/C19H23FN2O3/c20-13-5-3-4-12(10-13)19(24)22-11-15(17-16(22)8-9-25-17)18(23)21-14-6-1-2-7-14/h3-5,10,14-17H,1-2,6-9,11H2,(H,21,23)/t15-,16+,17+/m1/s1. The summed E-state index contributed by atoms with van der Waals surface area (Å²) < 4.78 is 19.2. The third kappa shape index (κ3) is 3.15. The molecule has 2 heterocycles. The Labute approximate surface area is 146 Å². The van der Waals surface area contributed by atoms with Gasteiger partial charge in [-0.15, -0.1) is 0 Å². The van der Waals surface area contributed by atoms with E-state index >= 15 is 0 Å². The van der Waals surface area contributed by atoms with E-state index in [4.69, 9.17) is 4.74 Å². The maximum Gasteiger partial charge on any atom is 0.254 e.